The molecule has 4 aromatic rings. The molecule has 1 aliphatic heterocycles. The molecule has 0 saturated carbocycles. The van der Waals surface area contributed by atoms with Gasteiger partial charge in [0.05, 0.1) is 16.9 Å². The number of rotatable bonds is 2. The van der Waals surface area contributed by atoms with Gasteiger partial charge >= 0.3 is 0 Å². The first-order valence-electron chi connectivity index (χ1n) is 9.31. The monoisotopic (exact) mass is 433 g/mol. The minimum Gasteiger partial charge on any atom is -0.317 e. The van der Waals surface area contributed by atoms with E-state index in [1.54, 1.807) is 6.07 Å². The third kappa shape index (κ3) is 4.06. The van der Waals surface area contributed by atoms with Crippen molar-refractivity contribution in [3.63, 3.8) is 0 Å². The second kappa shape index (κ2) is 8.61. The average Bonchev–Trinajstić information content (AvgIpc) is 3.07. The molecule has 1 aromatic carbocycles. The molecule has 1 aliphatic rings. The predicted molar refractivity (Wildman–Crippen MR) is 118 cm³/mol. The summed E-state index contributed by atoms with van der Waals surface area (Å²) in [4.78, 5) is 4.43. The van der Waals surface area contributed by atoms with Crippen LogP contribution in [-0.4, -0.2) is 32.7 Å². The van der Waals surface area contributed by atoms with Gasteiger partial charge in [0.1, 0.15) is 11.5 Å². The van der Waals surface area contributed by atoms with E-state index < -0.39 is 0 Å². The van der Waals surface area contributed by atoms with Gasteiger partial charge in [0.2, 0.25) is 0 Å². The second-order valence-corrected chi connectivity index (χ2v) is 7.25. The lowest BCUT2D eigenvalue weighted by molar-refractivity contribution is 0.451. The van der Waals surface area contributed by atoms with Gasteiger partial charge in [0, 0.05) is 23.7 Å². The van der Waals surface area contributed by atoms with Gasteiger partial charge in [-0.1, -0.05) is 0 Å². The molecule has 5 rings (SSSR count). The summed E-state index contributed by atoms with van der Waals surface area (Å²) in [5.74, 6) is 0.101. The fraction of sp³-hybridized carbons (Fsp3) is 0.286. The number of imidazole rings is 1. The summed E-state index contributed by atoms with van der Waals surface area (Å²) in [6.45, 7) is 3.90. The van der Waals surface area contributed by atoms with E-state index >= 15 is 0 Å². The van der Waals surface area contributed by atoms with Crippen molar-refractivity contribution in [2.75, 3.05) is 13.1 Å². The van der Waals surface area contributed by atoms with Crippen LogP contribution in [0.5, 0.6) is 0 Å². The lowest BCUT2D eigenvalue weighted by atomic mass is 9.93. The number of piperidine rings is 1. The van der Waals surface area contributed by atoms with Crippen molar-refractivity contribution in [3.05, 3.63) is 59.9 Å². The van der Waals surface area contributed by atoms with Gasteiger partial charge in [-0.05, 0) is 74.3 Å². The molecule has 0 spiro atoms. The van der Waals surface area contributed by atoms with Crippen LogP contribution in [0, 0.1) is 12.7 Å². The molecular formula is C21H22Cl2FN5. The first-order chi connectivity index (χ1) is 13.2. The Morgan fingerprint density at radius 1 is 1.00 bits per heavy atom. The largest absolute Gasteiger partial charge is 0.317 e. The summed E-state index contributed by atoms with van der Waals surface area (Å²) in [6.07, 6.45) is 5.96. The van der Waals surface area contributed by atoms with Crippen molar-refractivity contribution in [2.24, 2.45) is 0 Å². The highest BCUT2D eigenvalue weighted by atomic mass is 35.5. The number of benzene rings is 1. The van der Waals surface area contributed by atoms with E-state index in [-0.39, 0.29) is 30.6 Å². The molecular weight excluding hydrogens is 412 g/mol. The van der Waals surface area contributed by atoms with Crippen molar-refractivity contribution in [1.29, 1.82) is 0 Å². The number of aromatic nitrogens is 4. The van der Waals surface area contributed by atoms with Gasteiger partial charge < -0.3 is 9.72 Å². The van der Waals surface area contributed by atoms with Crippen LogP contribution >= 0.6 is 24.8 Å². The third-order valence-corrected chi connectivity index (χ3v) is 5.34. The smallest absolute Gasteiger partial charge is 0.136 e. The van der Waals surface area contributed by atoms with Gasteiger partial charge in [0.25, 0.3) is 0 Å². The number of nitrogens with one attached hydrogen (secondary N) is 1. The number of fused-ring (bicyclic) bond motifs is 2. The zero-order valence-electron chi connectivity index (χ0n) is 15.9. The lowest BCUT2D eigenvalue weighted by Crippen LogP contribution is -2.27. The minimum atomic E-state index is -0.255. The predicted octanol–water partition coefficient (Wildman–Crippen LogP) is 4.70. The molecule has 3 aromatic heterocycles. The highest BCUT2D eigenvalue weighted by Crippen LogP contribution is 2.29. The Hall–Kier alpha value is -2.28. The maximum Gasteiger partial charge on any atom is 0.136 e. The zero-order valence-corrected chi connectivity index (χ0v) is 17.6. The van der Waals surface area contributed by atoms with E-state index in [9.17, 15) is 4.39 Å². The minimum absolute atomic E-state index is 0. The molecule has 1 fully saturated rings. The number of halogens is 3. The Morgan fingerprint density at radius 3 is 2.59 bits per heavy atom. The first-order valence-corrected chi connectivity index (χ1v) is 9.31. The molecule has 152 valence electrons. The zero-order chi connectivity index (χ0) is 18.4. The summed E-state index contributed by atoms with van der Waals surface area (Å²) >= 11 is 0. The molecule has 1 N–H and O–H groups in total. The summed E-state index contributed by atoms with van der Waals surface area (Å²) < 4.78 is 16.9. The highest BCUT2D eigenvalue weighted by molar-refractivity contribution is 5.86. The van der Waals surface area contributed by atoms with Crippen molar-refractivity contribution < 1.29 is 4.39 Å². The van der Waals surface area contributed by atoms with Crippen LogP contribution in [0.15, 0.2) is 42.7 Å². The standard InChI is InChI=1S/C21H20FN5.2ClH/c1-13-11-27-12-15(2-3-21(27)24-13)16-8-18(22)17-10-19(25-26-20(17)9-16)14-4-6-23-7-5-14;;/h2-3,8-12,14,23H,4-7H2,1H3;2*1H. The molecule has 5 nitrogen and oxygen atoms in total. The van der Waals surface area contributed by atoms with E-state index in [0.717, 1.165) is 54.1 Å². The fourth-order valence-electron chi connectivity index (χ4n) is 3.89. The molecule has 0 radical (unpaired) electrons. The van der Waals surface area contributed by atoms with Gasteiger partial charge in [-0.25, -0.2) is 9.37 Å². The molecule has 1 saturated heterocycles. The number of hydrogen-bond acceptors (Lipinski definition) is 4. The van der Waals surface area contributed by atoms with Crippen molar-refractivity contribution in [3.8, 4) is 11.1 Å². The summed E-state index contributed by atoms with van der Waals surface area (Å²) in [5, 5.41) is 12.6. The van der Waals surface area contributed by atoms with Crippen LogP contribution < -0.4 is 5.32 Å². The SMILES string of the molecule is Cc1cn2cc(-c3cc(F)c4cc(C5CCNCC5)nnc4c3)ccc2n1.Cl.Cl. The van der Waals surface area contributed by atoms with Gasteiger partial charge in [0.15, 0.2) is 0 Å². The van der Waals surface area contributed by atoms with Crippen LogP contribution in [0.4, 0.5) is 4.39 Å². The van der Waals surface area contributed by atoms with Crippen LogP contribution in [0.2, 0.25) is 0 Å². The molecule has 0 aliphatic carbocycles. The van der Waals surface area contributed by atoms with E-state index in [0.29, 0.717) is 16.8 Å². The van der Waals surface area contributed by atoms with Crippen LogP contribution in [0.25, 0.3) is 27.7 Å². The Bertz CT molecular complexity index is 1150. The molecule has 29 heavy (non-hydrogen) atoms. The van der Waals surface area contributed by atoms with Crippen LogP contribution in [0.3, 0.4) is 0 Å². The topological polar surface area (TPSA) is 55.1 Å². The van der Waals surface area contributed by atoms with Crippen molar-refractivity contribution in [1.82, 2.24) is 24.9 Å². The number of hydrogen-bond donors (Lipinski definition) is 1. The number of nitrogens with zero attached hydrogens (tertiary/aromatic N) is 4. The van der Waals surface area contributed by atoms with Crippen molar-refractivity contribution in [2.45, 2.75) is 25.7 Å². The summed E-state index contributed by atoms with van der Waals surface area (Å²) in [5.41, 5.74) is 5.02. The average molecular weight is 434 g/mol. The number of pyridine rings is 1. The normalized spacial score (nSPS) is 14.6. The molecule has 8 heteroatoms. The van der Waals surface area contributed by atoms with Crippen molar-refractivity contribution >= 4 is 41.4 Å². The van der Waals surface area contributed by atoms with E-state index in [1.165, 1.54) is 0 Å². The molecule has 0 atom stereocenters. The molecule has 0 amide bonds. The maximum absolute atomic E-state index is 14.9. The Kier molecular flexibility index (Phi) is 6.36. The Balaban J connectivity index is 0.00000120. The summed E-state index contributed by atoms with van der Waals surface area (Å²) in [6, 6.07) is 9.26. The highest BCUT2D eigenvalue weighted by Gasteiger charge is 2.18. The molecule has 0 unspecified atom stereocenters. The van der Waals surface area contributed by atoms with E-state index in [2.05, 4.69) is 20.5 Å². The number of aryl methyl sites for hydroxylation is 1. The quantitative estimate of drug-likeness (QED) is 0.497. The Labute approximate surface area is 180 Å². The summed E-state index contributed by atoms with van der Waals surface area (Å²) in [7, 11) is 0. The van der Waals surface area contributed by atoms with E-state index in [4.69, 9.17) is 0 Å². The molecule has 4 heterocycles. The molecule has 0 bridgehead atoms. The second-order valence-electron chi connectivity index (χ2n) is 7.25. The van der Waals surface area contributed by atoms with Crippen LogP contribution in [0.1, 0.15) is 30.1 Å². The lowest BCUT2D eigenvalue weighted by Gasteiger charge is -2.21. The van der Waals surface area contributed by atoms with Gasteiger partial charge in [-0.3, -0.25) is 0 Å². The first kappa shape index (κ1) is 21.4. The third-order valence-electron chi connectivity index (χ3n) is 5.34. The van der Waals surface area contributed by atoms with E-state index in [1.807, 2.05) is 48.0 Å². The van der Waals surface area contributed by atoms with Crippen LogP contribution in [-0.2, 0) is 0 Å². The van der Waals surface area contributed by atoms with Gasteiger partial charge in [-0.15, -0.1) is 24.8 Å². The van der Waals surface area contributed by atoms with Gasteiger partial charge in [-0.2, -0.15) is 10.2 Å². The maximum atomic E-state index is 14.9. The fourth-order valence-corrected chi connectivity index (χ4v) is 3.89. The Morgan fingerprint density at radius 2 is 1.79 bits per heavy atom.